The van der Waals surface area contributed by atoms with Gasteiger partial charge in [0.05, 0.1) is 18.9 Å². The summed E-state index contributed by atoms with van der Waals surface area (Å²) in [6.45, 7) is 1.19. The van der Waals surface area contributed by atoms with Crippen LogP contribution in [0, 0.1) is 5.82 Å². The number of hydrogen-bond donors (Lipinski definition) is 4. The molecular formula is C14H17FN4O5S. The molecule has 0 saturated carbocycles. The standard InChI is InChI=1S/C14H17FN4O5S/c1-2-24-14(21)19-25(22,23)8-16-13-12(11(7-20)17-18-13)9-3-5-10(15)6-4-9/h3-6,20H,2,7-8H2,1H3,(H,19,21)(H2,16,17,18). The topological polar surface area (TPSA) is 133 Å². The summed E-state index contributed by atoms with van der Waals surface area (Å²) in [5.41, 5.74) is 1.25. The van der Waals surface area contributed by atoms with Gasteiger partial charge in [0.25, 0.3) is 10.0 Å². The molecule has 11 heteroatoms. The van der Waals surface area contributed by atoms with Gasteiger partial charge >= 0.3 is 6.09 Å². The highest BCUT2D eigenvalue weighted by Gasteiger charge is 2.19. The summed E-state index contributed by atoms with van der Waals surface area (Å²) in [4.78, 5) is 11.2. The number of carbonyl (C=O) groups is 1. The molecule has 0 fully saturated rings. The zero-order chi connectivity index (χ0) is 18.4. The molecule has 1 amide bonds. The van der Waals surface area contributed by atoms with Crippen LogP contribution in [-0.4, -0.2) is 42.3 Å². The summed E-state index contributed by atoms with van der Waals surface area (Å²) < 4.78 is 43.0. The molecule has 0 saturated heterocycles. The van der Waals surface area contributed by atoms with Gasteiger partial charge in [0.15, 0.2) is 5.82 Å². The fraction of sp³-hybridized carbons (Fsp3) is 0.286. The SMILES string of the molecule is CCOC(=O)NS(=O)(=O)CNc1n[nH]c(CO)c1-c1ccc(F)cc1. The summed E-state index contributed by atoms with van der Waals surface area (Å²) in [5.74, 6) is -0.964. The van der Waals surface area contributed by atoms with E-state index in [2.05, 4.69) is 20.3 Å². The van der Waals surface area contributed by atoms with E-state index in [9.17, 15) is 22.7 Å². The number of sulfonamides is 1. The first kappa shape index (κ1) is 18.7. The first-order chi connectivity index (χ1) is 11.9. The molecule has 1 aromatic carbocycles. The first-order valence-corrected chi connectivity index (χ1v) is 8.86. The lowest BCUT2D eigenvalue weighted by molar-refractivity contribution is 0.158. The van der Waals surface area contributed by atoms with Gasteiger partial charge in [-0.2, -0.15) is 5.10 Å². The van der Waals surface area contributed by atoms with Gasteiger partial charge in [0, 0.05) is 5.56 Å². The van der Waals surface area contributed by atoms with Gasteiger partial charge in [-0.1, -0.05) is 12.1 Å². The zero-order valence-electron chi connectivity index (χ0n) is 13.2. The highest BCUT2D eigenvalue weighted by Crippen LogP contribution is 2.30. The Balaban J connectivity index is 2.19. The second kappa shape index (κ2) is 7.94. The number of nitrogens with one attached hydrogen (secondary N) is 3. The van der Waals surface area contributed by atoms with Crippen LogP contribution < -0.4 is 10.0 Å². The quantitative estimate of drug-likeness (QED) is 0.573. The number of hydrogen-bond acceptors (Lipinski definition) is 7. The molecule has 136 valence electrons. The average Bonchev–Trinajstić information content (AvgIpc) is 2.96. The summed E-state index contributed by atoms with van der Waals surface area (Å²) >= 11 is 0. The monoisotopic (exact) mass is 372 g/mol. The number of amides is 1. The van der Waals surface area contributed by atoms with Crippen molar-refractivity contribution in [3.63, 3.8) is 0 Å². The minimum Gasteiger partial charge on any atom is -0.449 e. The number of nitrogens with zero attached hydrogens (tertiary/aromatic N) is 1. The van der Waals surface area contributed by atoms with Gasteiger partial charge in [-0.3, -0.25) is 5.10 Å². The van der Waals surface area contributed by atoms with E-state index in [4.69, 9.17) is 0 Å². The molecule has 0 aliphatic carbocycles. The third-order valence-electron chi connectivity index (χ3n) is 3.08. The Morgan fingerprint density at radius 3 is 2.64 bits per heavy atom. The molecule has 0 bridgehead atoms. The molecule has 0 spiro atoms. The number of aliphatic hydroxyl groups is 1. The maximum Gasteiger partial charge on any atom is 0.420 e. The lowest BCUT2D eigenvalue weighted by atomic mass is 10.1. The predicted octanol–water partition coefficient (Wildman–Crippen LogP) is 1.15. The van der Waals surface area contributed by atoms with Crippen molar-refractivity contribution < 1.29 is 27.4 Å². The van der Waals surface area contributed by atoms with Crippen molar-refractivity contribution in [2.75, 3.05) is 17.8 Å². The fourth-order valence-corrected chi connectivity index (χ4v) is 2.75. The molecule has 0 atom stereocenters. The summed E-state index contributed by atoms with van der Waals surface area (Å²) in [5, 5.41) is 18.4. The molecule has 0 aliphatic rings. The van der Waals surface area contributed by atoms with Crippen LogP contribution in [0.4, 0.5) is 15.0 Å². The van der Waals surface area contributed by atoms with E-state index in [0.29, 0.717) is 16.8 Å². The Hall–Kier alpha value is -2.66. The minimum atomic E-state index is -4.02. The molecule has 25 heavy (non-hydrogen) atoms. The summed E-state index contributed by atoms with van der Waals surface area (Å²) in [6, 6.07) is 5.39. The van der Waals surface area contributed by atoms with Crippen molar-refractivity contribution in [3.05, 3.63) is 35.8 Å². The van der Waals surface area contributed by atoms with Crippen molar-refractivity contribution >= 4 is 21.9 Å². The highest BCUT2D eigenvalue weighted by atomic mass is 32.2. The number of benzene rings is 1. The summed E-state index contributed by atoms with van der Waals surface area (Å²) in [6.07, 6.45) is -1.08. The van der Waals surface area contributed by atoms with Crippen LogP contribution in [0.25, 0.3) is 11.1 Å². The Morgan fingerprint density at radius 2 is 2.04 bits per heavy atom. The Bertz CT molecular complexity index is 835. The molecule has 9 nitrogen and oxygen atoms in total. The first-order valence-electron chi connectivity index (χ1n) is 7.21. The van der Waals surface area contributed by atoms with Crippen molar-refractivity contribution in [2.45, 2.75) is 13.5 Å². The third-order valence-corrected chi connectivity index (χ3v) is 4.08. The summed E-state index contributed by atoms with van der Waals surface area (Å²) in [7, 11) is -4.02. The van der Waals surface area contributed by atoms with Crippen LogP contribution in [0.15, 0.2) is 24.3 Å². The van der Waals surface area contributed by atoms with Crippen molar-refractivity contribution in [1.82, 2.24) is 14.9 Å². The van der Waals surface area contributed by atoms with E-state index in [-0.39, 0.29) is 19.0 Å². The van der Waals surface area contributed by atoms with Crippen molar-refractivity contribution in [1.29, 1.82) is 0 Å². The number of aromatic amines is 1. The average molecular weight is 372 g/mol. The van der Waals surface area contributed by atoms with E-state index in [1.807, 2.05) is 0 Å². The number of aliphatic hydroxyl groups excluding tert-OH is 1. The highest BCUT2D eigenvalue weighted by molar-refractivity contribution is 7.90. The number of carbonyl (C=O) groups excluding carboxylic acids is 1. The largest absolute Gasteiger partial charge is 0.449 e. The minimum absolute atomic E-state index is 0.0305. The molecule has 4 N–H and O–H groups in total. The van der Waals surface area contributed by atoms with Crippen LogP contribution in [-0.2, 0) is 21.4 Å². The van der Waals surface area contributed by atoms with Gasteiger partial charge in [-0.25, -0.2) is 22.3 Å². The predicted molar refractivity (Wildman–Crippen MR) is 87.5 cm³/mol. The lowest BCUT2D eigenvalue weighted by Crippen LogP contribution is -2.35. The molecule has 1 heterocycles. The molecule has 0 radical (unpaired) electrons. The second-order valence-electron chi connectivity index (χ2n) is 4.85. The van der Waals surface area contributed by atoms with Crippen LogP contribution >= 0.6 is 0 Å². The fourth-order valence-electron chi connectivity index (χ4n) is 2.03. The number of halogens is 1. The molecule has 1 aromatic heterocycles. The normalized spacial score (nSPS) is 11.2. The van der Waals surface area contributed by atoms with Crippen molar-refractivity contribution in [2.24, 2.45) is 0 Å². The van der Waals surface area contributed by atoms with Gasteiger partial charge in [0.2, 0.25) is 0 Å². The molecule has 2 rings (SSSR count). The number of H-pyrrole nitrogens is 1. The maximum absolute atomic E-state index is 13.1. The number of aromatic nitrogens is 2. The number of rotatable bonds is 7. The molecule has 0 unspecified atom stereocenters. The molecule has 2 aromatic rings. The van der Waals surface area contributed by atoms with E-state index >= 15 is 0 Å². The maximum atomic E-state index is 13.1. The van der Waals surface area contributed by atoms with Crippen LogP contribution in [0.2, 0.25) is 0 Å². The van der Waals surface area contributed by atoms with E-state index in [0.717, 1.165) is 0 Å². The Morgan fingerprint density at radius 1 is 1.36 bits per heavy atom. The Kier molecular flexibility index (Phi) is 5.93. The van der Waals surface area contributed by atoms with Crippen LogP contribution in [0.1, 0.15) is 12.6 Å². The molecule has 0 aliphatic heterocycles. The van der Waals surface area contributed by atoms with E-state index in [1.54, 1.807) is 11.6 Å². The van der Waals surface area contributed by atoms with E-state index < -0.39 is 27.8 Å². The second-order valence-corrected chi connectivity index (χ2v) is 6.57. The van der Waals surface area contributed by atoms with Gasteiger partial charge in [0.1, 0.15) is 11.7 Å². The van der Waals surface area contributed by atoms with Crippen molar-refractivity contribution in [3.8, 4) is 11.1 Å². The Labute approximate surface area is 143 Å². The van der Waals surface area contributed by atoms with Gasteiger partial charge in [-0.15, -0.1) is 0 Å². The zero-order valence-corrected chi connectivity index (χ0v) is 14.1. The molecular weight excluding hydrogens is 355 g/mol. The van der Waals surface area contributed by atoms with E-state index in [1.165, 1.54) is 24.3 Å². The van der Waals surface area contributed by atoms with Gasteiger partial charge < -0.3 is 15.2 Å². The van der Waals surface area contributed by atoms with Gasteiger partial charge in [-0.05, 0) is 24.6 Å². The third kappa shape index (κ3) is 4.90. The number of anilines is 1. The smallest absolute Gasteiger partial charge is 0.420 e. The van der Waals surface area contributed by atoms with Crippen LogP contribution in [0.5, 0.6) is 0 Å². The van der Waals surface area contributed by atoms with Crippen LogP contribution in [0.3, 0.4) is 0 Å². The lowest BCUT2D eigenvalue weighted by Gasteiger charge is -2.09. The number of ether oxygens (including phenoxy) is 1.